The van der Waals surface area contributed by atoms with Crippen LogP contribution >= 0.6 is 11.8 Å². The normalized spacial score (nSPS) is 11.8. The summed E-state index contributed by atoms with van der Waals surface area (Å²) in [6.07, 6.45) is 0.387. The number of carboxylic acids is 2. The molecule has 17 heavy (non-hydrogen) atoms. The highest BCUT2D eigenvalue weighted by Gasteiger charge is 2.11. The lowest BCUT2D eigenvalue weighted by Gasteiger charge is -2.06. The van der Waals surface area contributed by atoms with E-state index in [1.54, 1.807) is 0 Å². The average Bonchev–Trinajstić information content (AvgIpc) is 2.23. The monoisotopic (exact) mass is 264 g/mol. The van der Waals surface area contributed by atoms with Crippen molar-refractivity contribution in [3.05, 3.63) is 0 Å². The van der Waals surface area contributed by atoms with E-state index in [9.17, 15) is 14.4 Å². The lowest BCUT2D eigenvalue weighted by molar-refractivity contribution is -0.138. The molecule has 0 heterocycles. The van der Waals surface area contributed by atoms with Crippen molar-refractivity contribution in [2.24, 2.45) is 5.73 Å². The van der Waals surface area contributed by atoms with Crippen molar-refractivity contribution in [2.75, 3.05) is 18.1 Å². The molecule has 0 spiro atoms. The molecule has 0 aromatic carbocycles. The van der Waals surface area contributed by atoms with Crippen LogP contribution in [0.15, 0.2) is 0 Å². The van der Waals surface area contributed by atoms with Gasteiger partial charge in [0.1, 0.15) is 6.04 Å². The van der Waals surface area contributed by atoms with Crippen LogP contribution in [-0.4, -0.2) is 52.2 Å². The van der Waals surface area contributed by atoms with E-state index in [0.29, 0.717) is 13.0 Å². The fraction of sp³-hybridized carbons (Fsp3) is 0.667. The van der Waals surface area contributed by atoms with Crippen LogP contribution in [0.1, 0.15) is 12.8 Å². The van der Waals surface area contributed by atoms with Crippen molar-refractivity contribution >= 4 is 29.6 Å². The summed E-state index contributed by atoms with van der Waals surface area (Å²) < 4.78 is 0. The maximum Gasteiger partial charge on any atom is 0.321 e. The summed E-state index contributed by atoms with van der Waals surface area (Å²) in [5.74, 6) is -1.97. The van der Waals surface area contributed by atoms with Gasteiger partial charge in [-0.2, -0.15) is 0 Å². The first-order valence-corrected chi connectivity index (χ1v) is 6.13. The molecule has 0 aromatic rings. The van der Waals surface area contributed by atoms with Gasteiger partial charge in [-0.3, -0.25) is 14.4 Å². The number of aliphatic carboxylic acids is 2. The number of thioether (sulfide) groups is 1. The Morgan fingerprint density at radius 1 is 1.29 bits per heavy atom. The molecular weight excluding hydrogens is 248 g/mol. The van der Waals surface area contributed by atoms with E-state index in [1.807, 2.05) is 0 Å². The molecule has 1 atom stereocenters. The van der Waals surface area contributed by atoms with E-state index in [2.05, 4.69) is 5.32 Å². The molecular formula is C9H16N2O5S. The Labute approximate surface area is 103 Å². The second-order valence-corrected chi connectivity index (χ2v) is 4.34. The smallest absolute Gasteiger partial charge is 0.321 e. The molecule has 0 saturated heterocycles. The van der Waals surface area contributed by atoms with Crippen LogP contribution in [-0.2, 0) is 14.4 Å². The molecule has 0 aliphatic rings. The second-order valence-electron chi connectivity index (χ2n) is 3.31. The molecule has 0 bridgehead atoms. The number of hydrogen-bond acceptors (Lipinski definition) is 5. The van der Waals surface area contributed by atoms with Crippen molar-refractivity contribution in [3.63, 3.8) is 0 Å². The van der Waals surface area contributed by atoms with Gasteiger partial charge < -0.3 is 21.3 Å². The third-order valence-electron chi connectivity index (χ3n) is 1.74. The van der Waals surface area contributed by atoms with Crippen molar-refractivity contribution < 1.29 is 24.6 Å². The van der Waals surface area contributed by atoms with Crippen molar-refractivity contribution in [1.82, 2.24) is 5.32 Å². The lowest BCUT2D eigenvalue weighted by atomic mass is 10.3. The van der Waals surface area contributed by atoms with Crippen LogP contribution in [0.3, 0.4) is 0 Å². The summed E-state index contributed by atoms with van der Waals surface area (Å²) in [7, 11) is 0. The zero-order valence-corrected chi connectivity index (χ0v) is 10.0. The quantitative estimate of drug-likeness (QED) is 0.397. The minimum absolute atomic E-state index is 0.0112. The zero-order chi connectivity index (χ0) is 13.3. The number of amides is 1. The van der Waals surface area contributed by atoms with Crippen LogP contribution in [0, 0.1) is 0 Å². The maximum atomic E-state index is 11.2. The first-order valence-electron chi connectivity index (χ1n) is 4.98. The van der Waals surface area contributed by atoms with E-state index in [4.69, 9.17) is 15.9 Å². The van der Waals surface area contributed by atoms with Crippen LogP contribution in [0.4, 0.5) is 0 Å². The summed E-state index contributed by atoms with van der Waals surface area (Å²) in [6, 6.07) is -0.972. The van der Waals surface area contributed by atoms with Crippen molar-refractivity contribution in [1.29, 1.82) is 0 Å². The van der Waals surface area contributed by atoms with Crippen molar-refractivity contribution in [3.8, 4) is 0 Å². The van der Waals surface area contributed by atoms with Crippen molar-refractivity contribution in [2.45, 2.75) is 18.9 Å². The Morgan fingerprint density at radius 3 is 2.47 bits per heavy atom. The zero-order valence-electron chi connectivity index (χ0n) is 9.22. The van der Waals surface area contributed by atoms with Gasteiger partial charge in [-0.15, -0.1) is 11.8 Å². The summed E-state index contributed by atoms with van der Waals surface area (Å²) >= 11 is 1.13. The van der Waals surface area contributed by atoms with Gasteiger partial charge in [-0.25, -0.2) is 0 Å². The van der Waals surface area contributed by atoms with E-state index >= 15 is 0 Å². The molecule has 1 amide bonds. The standard InChI is InChI=1S/C9H16N2O5S/c10-6(9(15)16)4-17-5-7(12)11-3-1-2-8(13)14/h6H,1-5,10H2,(H,11,12)(H,13,14)(H,15,16)/t6-/m0/s1. The van der Waals surface area contributed by atoms with E-state index < -0.39 is 18.0 Å². The van der Waals surface area contributed by atoms with E-state index in [1.165, 1.54) is 0 Å². The summed E-state index contributed by atoms with van der Waals surface area (Å²) in [5.41, 5.74) is 5.24. The van der Waals surface area contributed by atoms with Gasteiger partial charge in [0.25, 0.3) is 0 Å². The maximum absolute atomic E-state index is 11.2. The van der Waals surface area contributed by atoms with Gasteiger partial charge in [0.2, 0.25) is 5.91 Å². The fourth-order valence-electron chi connectivity index (χ4n) is 0.868. The molecule has 0 aliphatic carbocycles. The average molecular weight is 264 g/mol. The van der Waals surface area contributed by atoms with Gasteiger partial charge in [0, 0.05) is 18.7 Å². The molecule has 0 saturated carbocycles. The van der Waals surface area contributed by atoms with Crippen LogP contribution in [0.25, 0.3) is 0 Å². The molecule has 0 fully saturated rings. The summed E-state index contributed by atoms with van der Waals surface area (Å²) in [5, 5.41) is 19.4. The number of carbonyl (C=O) groups excluding carboxylic acids is 1. The highest BCUT2D eigenvalue weighted by molar-refractivity contribution is 8.00. The second kappa shape index (κ2) is 8.82. The number of carbonyl (C=O) groups is 3. The molecule has 0 radical (unpaired) electrons. The number of hydrogen-bond donors (Lipinski definition) is 4. The molecule has 0 rings (SSSR count). The minimum Gasteiger partial charge on any atom is -0.481 e. The molecule has 98 valence electrons. The van der Waals surface area contributed by atoms with Gasteiger partial charge in [-0.05, 0) is 6.42 Å². The van der Waals surface area contributed by atoms with Gasteiger partial charge >= 0.3 is 11.9 Å². The van der Waals surface area contributed by atoms with Gasteiger partial charge in [-0.1, -0.05) is 0 Å². The Hall–Kier alpha value is -1.28. The molecule has 8 heteroatoms. The Kier molecular flexibility index (Phi) is 8.16. The molecule has 0 aliphatic heterocycles. The van der Waals surface area contributed by atoms with E-state index in [-0.39, 0.29) is 23.8 Å². The fourth-order valence-corrected chi connectivity index (χ4v) is 1.67. The Morgan fingerprint density at radius 2 is 1.94 bits per heavy atom. The molecule has 0 aromatic heterocycles. The Bertz CT molecular complexity index is 285. The first kappa shape index (κ1) is 15.7. The highest BCUT2D eigenvalue weighted by Crippen LogP contribution is 2.01. The third kappa shape index (κ3) is 9.64. The predicted octanol–water partition coefficient (Wildman–Crippen LogP) is -0.887. The third-order valence-corrected chi connectivity index (χ3v) is 2.80. The summed E-state index contributed by atoms with van der Waals surface area (Å²) in [4.78, 5) is 31.7. The highest BCUT2D eigenvalue weighted by atomic mass is 32.2. The van der Waals surface area contributed by atoms with Crippen LogP contribution in [0.5, 0.6) is 0 Å². The molecule has 5 N–H and O–H groups in total. The first-order chi connectivity index (χ1) is 7.93. The van der Waals surface area contributed by atoms with E-state index in [0.717, 1.165) is 11.8 Å². The number of nitrogens with two attached hydrogens (primary N) is 1. The SMILES string of the molecule is N[C@@H](CSCC(=O)NCCCC(=O)O)C(=O)O. The topological polar surface area (TPSA) is 130 Å². The largest absolute Gasteiger partial charge is 0.481 e. The summed E-state index contributed by atoms with van der Waals surface area (Å²) in [6.45, 7) is 0.302. The molecule has 7 nitrogen and oxygen atoms in total. The number of carboxylic acid groups (broad SMARTS) is 2. The van der Waals surface area contributed by atoms with Gasteiger partial charge in [0.15, 0.2) is 0 Å². The number of rotatable bonds is 9. The Balaban J connectivity index is 3.47. The van der Waals surface area contributed by atoms with Crippen LogP contribution in [0.2, 0.25) is 0 Å². The van der Waals surface area contributed by atoms with Gasteiger partial charge in [0.05, 0.1) is 5.75 Å². The minimum atomic E-state index is -1.10. The lowest BCUT2D eigenvalue weighted by Crippen LogP contribution is -2.33. The number of nitrogens with one attached hydrogen (secondary N) is 1. The predicted molar refractivity (Wildman–Crippen MR) is 62.8 cm³/mol. The van der Waals surface area contributed by atoms with Crippen LogP contribution < -0.4 is 11.1 Å². The molecule has 0 unspecified atom stereocenters.